The van der Waals surface area contributed by atoms with E-state index < -0.39 is 58.2 Å². The van der Waals surface area contributed by atoms with Gasteiger partial charge in [0.05, 0.1) is 30.2 Å². The van der Waals surface area contributed by atoms with Crippen molar-refractivity contribution in [1.29, 1.82) is 0 Å². The van der Waals surface area contributed by atoms with E-state index in [2.05, 4.69) is 15.4 Å². The normalized spacial score (nSPS) is 23.5. The molecule has 1 saturated heterocycles. The van der Waals surface area contributed by atoms with Crippen LogP contribution in [0.1, 0.15) is 26.7 Å². The van der Waals surface area contributed by atoms with E-state index in [9.17, 15) is 33.5 Å². The molecule has 0 unspecified atom stereocenters. The fourth-order valence-electron chi connectivity index (χ4n) is 3.52. The number of non-ortho nitro benzene ring substituents is 1. The van der Waals surface area contributed by atoms with E-state index in [1.807, 2.05) is 0 Å². The lowest BCUT2D eigenvalue weighted by atomic mass is 10.00. The molecule has 3 rings (SSSR count). The van der Waals surface area contributed by atoms with Crippen molar-refractivity contribution in [2.24, 2.45) is 11.7 Å². The predicted molar refractivity (Wildman–Crippen MR) is 126 cm³/mol. The first-order valence-corrected chi connectivity index (χ1v) is 12.8. The molecule has 1 aromatic carbocycles. The minimum Gasteiger partial charge on any atom is -0.388 e. The quantitative estimate of drug-likeness (QED) is 0.183. The summed E-state index contributed by atoms with van der Waals surface area (Å²) in [6.07, 6.45) is -4.17. The third-order valence-electron chi connectivity index (χ3n) is 6.04. The molecule has 16 nitrogen and oxygen atoms in total. The first-order valence-electron chi connectivity index (χ1n) is 11.4. The number of aliphatic hydroxyl groups is 2. The van der Waals surface area contributed by atoms with Crippen LogP contribution in [0.5, 0.6) is 0 Å². The van der Waals surface area contributed by atoms with Crippen molar-refractivity contribution in [2.45, 2.75) is 63.7 Å². The van der Waals surface area contributed by atoms with Crippen LogP contribution in [0.25, 0.3) is 11.4 Å². The first-order chi connectivity index (χ1) is 17.4. The second-order valence-corrected chi connectivity index (χ2v) is 9.96. The van der Waals surface area contributed by atoms with Gasteiger partial charge in [-0.15, -0.1) is 10.2 Å². The summed E-state index contributed by atoms with van der Waals surface area (Å²) in [5, 5.41) is 43.3. The molecule has 1 aromatic heterocycles. The number of nitro groups is 1. The van der Waals surface area contributed by atoms with Gasteiger partial charge in [0.25, 0.3) is 11.6 Å². The molecule has 6 atom stereocenters. The summed E-state index contributed by atoms with van der Waals surface area (Å²) >= 11 is 0. The van der Waals surface area contributed by atoms with Gasteiger partial charge in [-0.25, -0.2) is 4.72 Å². The molecule has 1 amide bonds. The Hall–Kier alpha value is -3.09. The smallest absolute Gasteiger partial charge is 0.362 e. The molecule has 1 aliphatic heterocycles. The third-order valence-corrected chi connectivity index (χ3v) is 6.93. The molecular weight excluding hydrogens is 514 g/mol. The van der Waals surface area contributed by atoms with E-state index in [1.165, 1.54) is 29.1 Å². The van der Waals surface area contributed by atoms with Crippen molar-refractivity contribution < 1.29 is 37.3 Å². The standard InChI is InChI=1S/C20H29N7O9S/c1-3-11(2)16(21)20(30)24-37(33,34)35-10-15-18(29)17(28)14(36-15)8-9-26-23-19(22-25-26)12-4-6-13(7-5-12)27(31)32/h4-7,11,14-18,28-29H,3,8-10,21H2,1-2H3,(H,24,30)/t11-,14-,15+,16-,17-,18+/m0/s1. The van der Waals surface area contributed by atoms with E-state index in [-0.39, 0.29) is 30.4 Å². The third kappa shape index (κ3) is 7.24. The Balaban J connectivity index is 1.51. The maximum atomic E-state index is 12.1. The first kappa shape index (κ1) is 28.5. The van der Waals surface area contributed by atoms with Gasteiger partial charge in [0.15, 0.2) is 0 Å². The fourth-order valence-corrected chi connectivity index (χ4v) is 4.27. The minimum atomic E-state index is -4.52. The average molecular weight is 544 g/mol. The maximum absolute atomic E-state index is 12.1. The van der Waals surface area contributed by atoms with E-state index in [4.69, 9.17) is 14.7 Å². The van der Waals surface area contributed by atoms with Crippen molar-refractivity contribution in [3.05, 3.63) is 34.4 Å². The Morgan fingerprint density at radius 2 is 1.95 bits per heavy atom. The summed E-state index contributed by atoms with van der Waals surface area (Å²) in [7, 11) is -4.52. The Morgan fingerprint density at radius 3 is 2.57 bits per heavy atom. The molecule has 2 heterocycles. The topological polar surface area (TPSA) is 235 Å². The summed E-state index contributed by atoms with van der Waals surface area (Å²) in [5.74, 6) is -0.946. The molecule has 17 heteroatoms. The number of hydrogen-bond donors (Lipinski definition) is 4. The summed E-state index contributed by atoms with van der Waals surface area (Å²) < 4.78 is 36.2. The number of nitro benzene ring substituents is 1. The van der Waals surface area contributed by atoms with Crippen LogP contribution < -0.4 is 10.5 Å². The Bertz CT molecular complexity index is 1190. The van der Waals surface area contributed by atoms with Crippen LogP contribution in [-0.4, -0.2) is 86.7 Å². The summed E-state index contributed by atoms with van der Waals surface area (Å²) in [6, 6.07) is 4.55. The van der Waals surface area contributed by atoms with Gasteiger partial charge in [-0.2, -0.15) is 13.2 Å². The van der Waals surface area contributed by atoms with E-state index in [1.54, 1.807) is 18.6 Å². The van der Waals surface area contributed by atoms with Gasteiger partial charge < -0.3 is 20.7 Å². The van der Waals surface area contributed by atoms with Crippen LogP contribution in [0.15, 0.2) is 24.3 Å². The van der Waals surface area contributed by atoms with E-state index in [0.717, 1.165) is 0 Å². The highest BCUT2D eigenvalue weighted by Crippen LogP contribution is 2.25. The summed E-state index contributed by atoms with van der Waals surface area (Å²) in [4.78, 5) is 23.5. The second kappa shape index (κ2) is 12.0. The number of carbonyl (C=O) groups excluding carboxylic acids is 1. The zero-order valence-corrected chi connectivity index (χ0v) is 20.9. The van der Waals surface area contributed by atoms with Gasteiger partial charge in [0, 0.05) is 17.7 Å². The van der Waals surface area contributed by atoms with Gasteiger partial charge in [-0.05, 0) is 29.7 Å². The molecule has 37 heavy (non-hydrogen) atoms. The number of ether oxygens (including phenoxy) is 1. The predicted octanol–water partition coefficient (Wildman–Crippen LogP) is -1.12. The van der Waals surface area contributed by atoms with Crippen LogP contribution in [0.2, 0.25) is 0 Å². The molecule has 0 saturated carbocycles. The van der Waals surface area contributed by atoms with Crippen molar-refractivity contribution in [3.63, 3.8) is 0 Å². The number of nitrogens with zero attached hydrogens (tertiary/aromatic N) is 5. The molecule has 5 N–H and O–H groups in total. The molecule has 1 fully saturated rings. The van der Waals surface area contributed by atoms with Crippen molar-refractivity contribution in [1.82, 2.24) is 24.9 Å². The van der Waals surface area contributed by atoms with Crippen LogP contribution >= 0.6 is 0 Å². The van der Waals surface area contributed by atoms with Crippen molar-refractivity contribution >= 4 is 21.9 Å². The molecule has 0 bridgehead atoms. The number of rotatable bonds is 12. The molecule has 204 valence electrons. The number of tetrazole rings is 1. The zero-order valence-electron chi connectivity index (χ0n) is 20.1. The minimum absolute atomic E-state index is 0.0783. The molecule has 2 aromatic rings. The van der Waals surface area contributed by atoms with Crippen molar-refractivity contribution in [2.75, 3.05) is 6.61 Å². The number of benzene rings is 1. The molecular formula is C20H29N7O9S. The maximum Gasteiger partial charge on any atom is 0.362 e. The average Bonchev–Trinajstić information content (AvgIpc) is 3.45. The zero-order chi connectivity index (χ0) is 27.3. The van der Waals surface area contributed by atoms with Gasteiger partial charge in [-0.1, -0.05) is 20.3 Å². The Kier molecular flexibility index (Phi) is 9.21. The van der Waals surface area contributed by atoms with Gasteiger partial charge in [-0.3, -0.25) is 19.1 Å². The van der Waals surface area contributed by atoms with Crippen LogP contribution in [0.4, 0.5) is 5.69 Å². The number of nitrogens with one attached hydrogen (secondary N) is 1. The Labute approximate surface area is 212 Å². The second-order valence-electron chi connectivity index (χ2n) is 8.61. The molecule has 0 spiro atoms. The number of aliphatic hydroxyl groups excluding tert-OH is 2. The van der Waals surface area contributed by atoms with Crippen LogP contribution in [-0.2, 0) is 30.6 Å². The molecule has 0 aliphatic carbocycles. The van der Waals surface area contributed by atoms with Gasteiger partial charge in [0.2, 0.25) is 5.82 Å². The SMILES string of the molecule is CC[C@H](C)[C@H](N)C(=O)NS(=O)(=O)OC[C@H]1O[C@@H](CCn2nnc(-c3ccc([N+](=O)[O-])cc3)n2)[C@H](O)[C@@H]1O. The Morgan fingerprint density at radius 1 is 1.30 bits per heavy atom. The highest BCUT2D eigenvalue weighted by Gasteiger charge is 2.43. The lowest BCUT2D eigenvalue weighted by molar-refractivity contribution is -0.384. The molecule has 1 aliphatic rings. The number of aryl methyl sites for hydroxylation is 1. The highest BCUT2D eigenvalue weighted by molar-refractivity contribution is 7.85. The molecule has 0 radical (unpaired) electrons. The number of nitrogens with two attached hydrogens (primary N) is 1. The number of aromatic nitrogens is 4. The van der Waals surface area contributed by atoms with Crippen LogP contribution in [0, 0.1) is 16.0 Å². The lowest BCUT2D eigenvalue weighted by Crippen LogP contribution is -2.47. The summed E-state index contributed by atoms with van der Waals surface area (Å²) in [6.45, 7) is 2.99. The van der Waals surface area contributed by atoms with Gasteiger partial charge >= 0.3 is 10.3 Å². The number of amides is 1. The lowest BCUT2D eigenvalue weighted by Gasteiger charge is -2.18. The monoisotopic (exact) mass is 543 g/mol. The van der Waals surface area contributed by atoms with Gasteiger partial charge in [0.1, 0.15) is 18.3 Å². The number of carbonyl (C=O) groups is 1. The number of hydrogen-bond acceptors (Lipinski definition) is 13. The summed E-state index contributed by atoms with van der Waals surface area (Å²) in [5.41, 5.74) is 6.15. The van der Waals surface area contributed by atoms with E-state index >= 15 is 0 Å². The van der Waals surface area contributed by atoms with Crippen molar-refractivity contribution in [3.8, 4) is 11.4 Å². The highest BCUT2D eigenvalue weighted by atomic mass is 32.2. The largest absolute Gasteiger partial charge is 0.388 e. The fraction of sp³-hybridized carbons (Fsp3) is 0.600. The van der Waals surface area contributed by atoms with Crippen LogP contribution in [0.3, 0.4) is 0 Å². The van der Waals surface area contributed by atoms with E-state index in [0.29, 0.717) is 12.0 Å².